The average Bonchev–Trinajstić information content (AvgIpc) is 3.25. The van der Waals surface area contributed by atoms with Crippen LogP contribution in [0.3, 0.4) is 0 Å². The second-order valence-electron chi connectivity index (χ2n) is 6.89. The van der Waals surface area contributed by atoms with E-state index in [2.05, 4.69) is 34.0 Å². The number of nitrogens with two attached hydrogens (primary N) is 2. The first-order valence-electron chi connectivity index (χ1n) is 8.27. The lowest BCUT2D eigenvalue weighted by Gasteiger charge is -2.44. The highest BCUT2D eigenvalue weighted by Gasteiger charge is 2.76. The summed E-state index contributed by atoms with van der Waals surface area (Å²) in [5.41, 5.74) is 11.9. The molecule has 0 bridgehead atoms. The van der Waals surface area contributed by atoms with Gasteiger partial charge in [0.2, 0.25) is 5.95 Å². The molecule has 0 saturated heterocycles. The molecule has 3 aliphatic carbocycles. The Hall–Kier alpha value is -2.55. The highest BCUT2D eigenvalue weighted by Crippen LogP contribution is 2.79. The van der Waals surface area contributed by atoms with E-state index < -0.39 is 0 Å². The summed E-state index contributed by atoms with van der Waals surface area (Å²) in [5, 5.41) is 0. The standard InChI is InChI=1S/C18H20N4O2/c1-2-14(23)24-13-8-12-9-18(12)7-6-17(13,18)5-3-4-11-10-21-16(20)22-15(11)19/h6-7,10,12-13H,2,5,8-9H2,1H3,(H4,19,20,21,22). The Balaban J connectivity index is 1.55. The van der Waals surface area contributed by atoms with Crippen LogP contribution in [0.2, 0.25) is 0 Å². The van der Waals surface area contributed by atoms with Crippen LogP contribution in [-0.4, -0.2) is 22.0 Å². The summed E-state index contributed by atoms with van der Waals surface area (Å²) >= 11 is 0. The van der Waals surface area contributed by atoms with Gasteiger partial charge in [0.25, 0.3) is 0 Å². The Kier molecular flexibility index (Phi) is 3.11. The maximum absolute atomic E-state index is 11.8. The van der Waals surface area contributed by atoms with Crippen molar-refractivity contribution in [3.63, 3.8) is 0 Å². The minimum atomic E-state index is -0.140. The molecule has 1 spiro atoms. The van der Waals surface area contributed by atoms with Gasteiger partial charge in [0, 0.05) is 23.7 Å². The van der Waals surface area contributed by atoms with Crippen molar-refractivity contribution in [2.75, 3.05) is 11.5 Å². The van der Waals surface area contributed by atoms with E-state index in [1.54, 1.807) is 0 Å². The summed E-state index contributed by atoms with van der Waals surface area (Å²) in [6.07, 6.45) is 9.10. The lowest BCUT2D eigenvalue weighted by Crippen LogP contribution is -2.44. The number of rotatable bonds is 3. The summed E-state index contributed by atoms with van der Waals surface area (Å²) in [6, 6.07) is 0. The van der Waals surface area contributed by atoms with Gasteiger partial charge in [-0.05, 0) is 18.8 Å². The zero-order chi connectivity index (χ0) is 16.9. The third-order valence-corrected chi connectivity index (χ3v) is 5.77. The Morgan fingerprint density at radius 3 is 2.96 bits per heavy atom. The molecule has 124 valence electrons. The predicted molar refractivity (Wildman–Crippen MR) is 89.3 cm³/mol. The number of anilines is 2. The maximum Gasteiger partial charge on any atom is 0.305 e. The maximum atomic E-state index is 11.8. The number of carbonyl (C=O) groups excluding carboxylic acids is 1. The molecular formula is C18H20N4O2. The molecule has 24 heavy (non-hydrogen) atoms. The largest absolute Gasteiger partial charge is 0.461 e. The molecule has 0 aromatic carbocycles. The van der Waals surface area contributed by atoms with E-state index in [1.165, 1.54) is 12.6 Å². The molecule has 1 aromatic rings. The fourth-order valence-electron chi connectivity index (χ4n) is 4.33. The van der Waals surface area contributed by atoms with Gasteiger partial charge >= 0.3 is 5.97 Å². The van der Waals surface area contributed by atoms with Gasteiger partial charge in [-0.25, -0.2) is 4.98 Å². The summed E-state index contributed by atoms with van der Waals surface area (Å²) in [4.78, 5) is 19.6. The average molecular weight is 324 g/mol. The second kappa shape index (κ2) is 4.97. The Morgan fingerprint density at radius 2 is 2.29 bits per heavy atom. The molecule has 4 atom stereocenters. The van der Waals surface area contributed by atoms with E-state index in [1.807, 2.05) is 6.92 Å². The van der Waals surface area contributed by atoms with Crippen molar-refractivity contribution >= 4 is 17.7 Å². The zero-order valence-electron chi connectivity index (χ0n) is 13.6. The molecule has 6 heteroatoms. The number of nitrogen functional groups attached to an aromatic ring is 2. The van der Waals surface area contributed by atoms with Crippen LogP contribution in [0.1, 0.15) is 38.2 Å². The number of aromatic nitrogens is 2. The Labute approximate surface area is 140 Å². The van der Waals surface area contributed by atoms with Crippen molar-refractivity contribution in [3.8, 4) is 11.8 Å². The quantitative estimate of drug-likeness (QED) is 0.498. The molecule has 6 nitrogen and oxygen atoms in total. The smallest absolute Gasteiger partial charge is 0.305 e. The first kappa shape index (κ1) is 15.0. The molecule has 4 unspecified atom stereocenters. The highest BCUT2D eigenvalue weighted by atomic mass is 16.5. The van der Waals surface area contributed by atoms with Crippen LogP contribution in [0.5, 0.6) is 0 Å². The molecule has 2 fully saturated rings. The monoisotopic (exact) mass is 324 g/mol. The lowest BCUT2D eigenvalue weighted by molar-refractivity contribution is -0.155. The Bertz CT molecular complexity index is 809. The van der Waals surface area contributed by atoms with Crippen LogP contribution in [0, 0.1) is 28.6 Å². The van der Waals surface area contributed by atoms with Gasteiger partial charge in [-0.2, -0.15) is 4.98 Å². The van der Waals surface area contributed by atoms with Gasteiger partial charge in [-0.3, -0.25) is 4.79 Å². The number of hydrogen-bond donors (Lipinski definition) is 2. The minimum absolute atomic E-state index is 0.0667. The van der Waals surface area contributed by atoms with Crippen LogP contribution in [-0.2, 0) is 9.53 Å². The predicted octanol–water partition coefficient (Wildman–Crippen LogP) is 1.67. The molecule has 0 aliphatic heterocycles. The van der Waals surface area contributed by atoms with E-state index in [-0.39, 0.29) is 34.7 Å². The highest BCUT2D eigenvalue weighted by molar-refractivity contribution is 5.69. The normalized spacial score (nSPS) is 34.4. The number of carbonyl (C=O) groups is 1. The molecular weight excluding hydrogens is 304 g/mol. The van der Waals surface area contributed by atoms with Crippen LogP contribution in [0.25, 0.3) is 0 Å². The van der Waals surface area contributed by atoms with Crippen molar-refractivity contribution in [1.29, 1.82) is 0 Å². The molecule has 4 N–H and O–H groups in total. The molecule has 1 heterocycles. The van der Waals surface area contributed by atoms with Gasteiger partial charge in [0.15, 0.2) is 0 Å². The topological polar surface area (TPSA) is 104 Å². The Morgan fingerprint density at radius 1 is 1.46 bits per heavy atom. The van der Waals surface area contributed by atoms with E-state index >= 15 is 0 Å². The van der Waals surface area contributed by atoms with E-state index in [0.717, 1.165) is 6.42 Å². The summed E-state index contributed by atoms with van der Waals surface area (Å²) < 4.78 is 5.71. The van der Waals surface area contributed by atoms with E-state index in [0.29, 0.717) is 24.3 Å². The van der Waals surface area contributed by atoms with Crippen LogP contribution in [0.15, 0.2) is 18.3 Å². The van der Waals surface area contributed by atoms with Gasteiger partial charge in [0.1, 0.15) is 11.9 Å². The van der Waals surface area contributed by atoms with Crippen molar-refractivity contribution in [1.82, 2.24) is 9.97 Å². The minimum Gasteiger partial charge on any atom is -0.461 e. The molecule has 2 saturated carbocycles. The van der Waals surface area contributed by atoms with Gasteiger partial charge in [-0.1, -0.05) is 30.9 Å². The van der Waals surface area contributed by atoms with Gasteiger partial charge in [-0.15, -0.1) is 0 Å². The van der Waals surface area contributed by atoms with E-state index in [9.17, 15) is 4.79 Å². The molecule has 1 aromatic heterocycles. The number of allylic oxidation sites excluding steroid dienone is 1. The van der Waals surface area contributed by atoms with Crippen molar-refractivity contribution in [2.24, 2.45) is 16.7 Å². The number of hydrogen-bond acceptors (Lipinski definition) is 6. The third-order valence-electron chi connectivity index (χ3n) is 5.77. The summed E-state index contributed by atoms with van der Waals surface area (Å²) in [6.45, 7) is 1.82. The molecule has 4 rings (SSSR count). The molecule has 0 radical (unpaired) electrons. The number of ether oxygens (including phenoxy) is 1. The first-order chi connectivity index (χ1) is 11.5. The van der Waals surface area contributed by atoms with Crippen molar-refractivity contribution < 1.29 is 9.53 Å². The fraction of sp³-hybridized carbons (Fsp3) is 0.500. The van der Waals surface area contributed by atoms with E-state index in [4.69, 9.17) is 16.2 Å². The molecule has 3 aliphatic rings. The molecule has 0 amide bonds. The zero-order valence-corrected chi connectivity index (χ0v) is 13.6. The van der Waals surface area contributed by atoms with Crippen LogP contribution < -0.4 is 11.5 Å². The number of nitrogens with zero attached hydrogens (tertiary/aromatic N) is 2. The fourth-order valence-corrected chi connectivity index (χ4v) is 4.33. The van der Waals surface area contributed by atoms with Crippen LogP contribution in [0.4, 0.5) is 11.8 Å². The van der Waals surface area contributed by atoms with Crippen LogP contribution >= 0.6 is 0 Å². The summed E-state index contributed by atoms with van der Waals surface area (Å²) in [5.74, 6) is 7.16. The van der Waals surface area contributed by atoms with Gasteiger partial charge < -0.3 is 16.2 Å². The van der Waals surface area contributed by atoms with Crippen molar-refractivity contribution in [2.45, 2.75) is 38.7 Å². The first-order valence-corrected chi connectivity index (χ1v) is 8.27. The summed E-state index contributed by atoms with van der Waals surface area (Å²) in [7, 11) is 0. The number of esters is 1. The SMILES string of the molecule is CCC(=O)OC1CC2CC23C=CC13CC#Cc1cnc(N)nc1N. The van der Waals surface area contributed by atoms with Gasteiger partial charge in [0.05, 0.1) is 11.8 Å². The third kappa shape index (κ3) is 1.94. The second-order valence-corrected chi connectivity index (χ2v) is 6.89. The lowest BCUT2D eigenvalue weighted by atomic mass is 9.61. The van der Waals surface area contributed by atoms with Crippen molar-refractivity contribution in [3.05, 3.63) is 23.9 Å².